The third-order valence-electron chi connectivity index (χ3n) is 6.28. The number of hydrogen-bond acceptors (Lipinski definition) is 4. The molecule has 1 atom stereocenters. The summed E-state index contributed by atoms with van der Waals surface area (Å²) in [7, 11) is 0. The molecule has 2 saturated heterocycles. The summed E-state index contributed by atoms with van der Waals surface area (Å²) in [6.45, 7) is 2.63. The largest absolute Gasteiger partial charge is 0.342 e. The number of carbonyl (C=O) groups excluding carboxylic acids is 2. The van der Waals surface area contributed by atoms with Gasteiger partial charge in [-0.2, -0.15) is 5.10 Å². The van der Waals surface area contributed by atoms with Gasteiger partial charge in [-0.3, -0.25) is 9.59 Å². The maximum absolute atomic E-state index is 13.2. The number of rotatable bonds is 4. The number of nitrogens with zero attached hydrogens (tertiary/aromatic N) is 5. The number of carbonyl (C=O) groups is 2. The van der Waals surface area contributed by atoms with Gasteiger partial charge < -0.3 is 9.80 Å². The summed E-state index contributed by atoms with van der Waals surface area (Å²) in [5.74, 6) is 0.158. The monoisotopic (exact) mass is 389 g/mol. The lowest BCUT2D eigenvalue weighted by molar-refractivity contribution is -0.135. The van der Waals surface area contributed by atoms with Crippen molar-refractivity contribution in [3.63, 3.8) is 0 Å². The molecule has 1 aromatic carbocycles. The first-order valence-corrected chi connectivity index (χ1v) is 10.1. The molecule has 2 aliphatic heterocycles. The second-order valence-corrected chi connectivity index (χ2v) is 8.02. The van der Waals surface area contributed by atoms with Gasteiger partial charge in [-0.25, -0.2) is 9.50 Å². The van der Waals surface area contributed by atoms with E-state index >= 15 is 0 Å². The minimum atomic E-state index is -0.413. The first-order valence-electron chi connectivity index (χ1n) is 10.1. The second kappa shape index (κ2) is 6.99. The highest BCUT2D eigenvalue weighted by atomic mass is 16.2. The summed E-state index contributed by atoms with van der Waals surface area (Å²) in [6, 6.07) is 13.8. The quantitative estimate of drug-likeness (QED) is 0.685. The lowest BCUT2D eigenvalue weighted by Crippen LogP contribution is -2.39. The Balaban J connectivity index is 1.25. The van der Waals surface area contributed by atoms with E-state index in [0.29, 0.717) is 24.3 Å². The fourth-order valence-electron chi connectivity index (χ4n) is 4.57. The minimum Gasteiger partial charge on any atom is -0.342 e. The van der Waals surface area contributed by atoms with Crippen LogP contribution >= 0.6 is 0 Å². The van der Waals surface area contributed by atoms with Crippen molar-refractivity contribution in [3.8, 4) is 0 Å². The van der Waals surface area contributed by atoms with Gasteiger partial charge in [0.1, 0.15) is 6.33 Å². The number of fused-ring (bicyclic) bond motifs is 1. The van der Waals surface area contributed by atoms with Crippen LogP contribution < -0.4 is 0 Å². The van der Waals surface area contributed by atoms with E-state index in [9.17, 15) is 9.59 Å². The average molecular weight is 389 g/mol. The van der Waals surface area contributed by atoms with Crippen LogP contribution in [0.1, 0.15) is 28.8 Å². The molecule has 5 rings (SSSR count). The molecule has 148 valence electrons. The number of likely N-dealkylation sites (tertiary alicyclic amines) is 2. The zero-order valence-electron chi connectivity index (χ0n) is 16.2. The summed E-state index contributed by atoms with van der Waals surface area (Å²) in [4.78, 5) is 34.1. The first kappa shape index (κ1) is 17.8. The maximum Gasteiger partial charge on any atom is 0.255 e. The predicted molar refractivity (Wildman–Crippen MR) is 107 cm³/mol. The van der Waals surface area contributed by atoms with Gasteiger partial charge >= 0.3 is 0 Å². The highest BCUT2D eigenvalue weighted by molar-refractivity contribution is 5.95. The molecule has 2 amide bonds. The van der Waals surface area contributed by atoms with Crippen LogP contribution in [0.5, 0.6) is 0 Å². The zero-order chi connectivity index (χ0) is 19.8. The van der Waals surface area contributed by atoms with Crippen LogP contribution in [-0.2, 0) is 11.2 Å². The molecule has 0 bridgehead atoms. The molecule has 1 unspecified atom stereocenters. The van der Waals surface area contributed by atoms with E-state index in [1.807, 2.05) is 28.0 Å². The molecule has 1 spiro atoms. The molecular formula is C22H23N5O2. The summed E-state index contributed by atoms with van der Waals surface area (Å²) in [5.41, 5.74) is 2.11. The zero-order valence-corrected chi connectivity index (χ0v) is 16.2. The first-order chi connectivity index (χ1) is 14.1. The van der Waals surface area contributed by atoms with Crippen molar-refractivity contribution < 1.29 is 9.59 Å². The van der Waals surface area contributed by atoms with Crippen LogP contribution in [0, 0.1) is 5.41 Å². The molecule has 0 aliphatic carbocycles. The number of hydrogen-bond donors (Lipinski definition) is 0. The second-order valence-electron chi connectivity index (χ2n) is 8.02. The fourth-order valence-corrected chi connectivity index (χ4v) is 4.57. The van der Waals surface area contributed by atoms with Gasteiger partial charge in [0.05, 0.1) is 11.0 Å². The van der Waals surface area contributed by atoms with E-state index in [0.717, 1.165) is 32.4 Å². The lowest BCUT2D eigenvalue weighted by Gasteiger charge is -2.24. The van der Waals surface area contributed by atoms with Crippen LogP contribution in [-0.4, -0.2) is 62.4 Å². The summed E-state index contributed by atoms with van der Waals surface area (Å²) in [6.07, 6.45) is 5.61. The third kappa shape index (κ3) is 3.16. The van der Waals surface area contributed by atoms with Crippen molar-refractivity contribution in [1.82, 2.24) is 24.4 Å². The van der Waals surface area contributed by atoms with Crippen molar-refractivity contribution in [3.05, 3.63) is 66.1 Å². The van der Waals surface area contributed by atoms with Crippen LogP contribution in [0.4, 0.5) is 0 Å². The van der Waals surface area contributed by atoms with Crippen molar-refractivity contribution in [2.75, 3.05) is 26.2 Å². The fraction of sp³-hybridized carbons (Fsp3) is 0.364. The molecule has 0 radical (unpaired) electrons. The van der Waals surface area contributed by atoms with Crippen LogP contribution in [0.25, 0.3) is 5.65 Å². The van der Waals surface area contributed by atoms with Gasteiger partial charge in [0.2, 0.25) is 5.91 Å². The lowest BCUT2D eigenvalue weighted by atomic mass is 9.85. The van der Waals surface area contributed by atoms with Crippen LogP contribution in [0.2, 0.25) is 0 Å². The molecule has 4 heterocycles. The smallest absolute Gasteiger partial charge is 0.255 e. The summed E-state index contributed by atoms with van der Waals surface area (Å²) in [5, 5.41) is 4.10. The highest BCUT2D eigenvalue weighted by Gasteiger charge is 2.51. The van der Waals surface area contributed by atoms with Crippen molar-refractivity contribution in [2.24, 2.45) is 5.41 Å². The third-order valence-corrected chi connectivity index (χ3v) is 6.28. The summed E-state index contributed by atoms with van der Waals surface area (Å²) < 4.78 is 1.60. The van der Waals surface area contributed by atoms with Crippen molar-refractivity contribution in [1.29, 1.82) is 0 Å². The normalized spacial score (nSPS) is 21.6. The van der Waals surface area contributed by atoms with Crippen LogP contribution in [0.3, 0.4) is 0 Å². The maximum atomic E-state index is 13.2. The molecule has 29 heavy (non-hydrogen) atoms. The molecule has 7 nitrogen and oxygen atoms in total. The molecule has 3 aromatic rings. The Morgan fingerprint density at radius 1 is 1.07 bits per heavy atom. The Morgan fingerprint density at radius 3 is 2.76 bits per heavy atom. The Morgan fingerprint density at radius 2 is 1.90 bits per heavy atom. The Kier molecular flexibility index (Phi) is 4.30. The average Bonchev–Trinajstić information content (AvgIpc) is 3.47. The van der Waals surface area contributed by atoms with Crippen molar-refractivity contribution >= 4 is 17.5 Å². The highest BCUT2D eigenvalue weighted by Crippen LogP contribution is 2.41. The van der Waals surface area contributed by atoms with E-state index in [2.05, 4.69) is 22.2 Å². The van der Waals surface area contributed by atoms with Gasteiger partial charge in [0.25, 0.3) is 5.91 Å². The minimum absolute atomic E-state index is 0.0465. The van der Waals surface area contributed by atoms with E-state index in [-0.39, 0.29) is 11.8 Å². The number of benzene rings is 1. The molecule has 2 aromatic heterocycles. The number of amides is 2. The molecule has 0 N–H and O–H groups in total. The number of aromatic nitrogens is 3. The Labute approximate surface area is 168 Å². The SMILES string of the molecule is O=C(c1ccc2ncnn2c1)N1CCC2(CCN(CCc3ccccc3)C2=O)C1. The molecule has 2 fully saturated rings. The standard InChI is InChI=1S/C22H23N5O2/c28-20(18-6-7-19-23-16-24-27(19)14-18)26-13-10-22(15-26)9-12-25(21(22)29)11-8-17-4-2-1-3-5-17/h1-7,14,16H,8-13,15H2. The van der Waals surface area contributed by atoms with Gasteiger partial charge in [-0.05, 0) is 37.0 Å². The van der Waals surface area contributed by atoms with Crippen molar-refractivity contribution in [2.45, 2.75) is 19.3 Å². The Bertz CT molecular complexity index is 1060. The molecule has 0 saturated carbocycles. The van der Waals surface area contributed by atoms with E-state index in [1.165, 1.54) is 11.9 Å². The Hall–Kier alpha value is -3.22. The van der Waals surface area contributed by atoms with Crippen LogP contribution in [0.15, 0.2) is 55.0 Å². The molecular weight excluding hydrogens is 366 g/mol. The topological polar surface area (TPSA) is 70.8 Å². The van der Waals surface area contributed by atoms with Gasteiger partial charge in [-0.1, -0.05) is 30.3 Å². The van der Waals surface area contributed by atoms with E-state index in [1.54, 1.807) is 22.8 Å². The van der Waals surface area contributed by atoms with Gasteiger partial charge in [0.15, 0.2) is 5.65 Å². The van der Waals surface area contributed by atoms with E-state index in [4.69, 9.17) is 0 Å². The van der Waals surface area contributed by atoms with E-state index < -0.39 is 5.41 Å². The van der Waals surface area contributed by atoms with Gasteiger partial charge in [-0.15, -0.1) is 0 Å². The predicted octanol–water partition coefficient (Wildman–Crippen LogP) is 2.04. The summed E-state index contributed by atoms with van der Waals surface area (Å²) >= 11 is 0. The molecule has 2 aliphatic rings. The molecule has 7 heteroatoms. The number of pyridine rings is 1. The van der Waals surface area contributed by atoms with Gasteiger partial charge in [0, 0.05) is 32.4 Å².